The molecule has 1 aliphatic heterocycles. The molecule has 2 aromatic carbocycles. The van der Waals surface area contributed by atoms with Crippen LogP contribution in [0.25, 0.3) is 0 Å². The zero-order valence-corrected chi connectivity index (χ0v) is 20.9. The molecule has 8 nitrogen and oxygen atoms in total. The van der Waals surface area contributed by atoms with Gasteiger partial charge < -0.3 is 19.7 Å². The van der Waals surface area contributed by atoms with Crippen LogP contribution in [0.5, 0.6) is 17.2 Å². The Morgan fingerprint density at radius 1 is 1.00 bits per heavy atom. The summed E-state index contributed by atoms with van der Waals surface area (Å²) in [6.45, 7) is 5.80. The Morgan fingerprint density at radius 3 is 2.37 bits per heavy atom. The molecule has 1 aromatic heterocycles. The number of benzene rings is 2. The van der Waals surface area contributed by atoms with E-state index in [4.69, 9.17) is 9.47 Å². The Labute approximate surface area is 209 Å². The summed E-state index contributed by atoms with van der Waals surface area (Å²) in [5, 5.41) is 8.20. The Bertz CT molecular complexity index is 1140. The summed E-state index contributed by atoms with van der Waals surface area (Å²) in [5.41, 5.74) is 0.971. The number of nitrogens with one attached hydrogen (secondary N) is 2. The number of ether oxygens (including phenoxy) is 2. The number of anilines is 1. The van der Waals surface area contributed by atoms with Gasteiger partial charge in [-0.25, -0.2) is 4.98 Å². The first-order valence-electron chi connectivity index (χ1n) is 11.7. The SMILES string of the molecule is CC(C)Oc1cc(Oc2ccc(C(=O)NC3CCN(C)CC3)cc2)cc(C(=O)Nc2nccs2)c1. The Kier molecular flexibility index (Phi) is 7.99. The molecule has 184 valence electrons. The van der Waals surface area contributed by atoms with Gasteiger partial charge in [-0.1, -0.05) is 0 Å². The third kappa shape index (κ3) is 7.03. The lowest BCUT2D eigenvalue weighted by atomic mass is 10.0. The summed E-state index contributed by atoms with van der Waals surface area (Å²) in [7, 11) is 2.09. The largest absolute Gasteiger partial charge is 0.491 e. The molecule has 9 heteroatoms. The molecular formula is C26H30N4O4S. The van der Waals surface area contributed by atoms with E-state index in [1.54, 1.807) is 54.0 Å². The molecule has 1 aliphatic rings. The number of hydrogen-bond acceptors (Lipinski definition) is 7. The number of likely N-dealkylation sites (tertiary alicyclic amines) is 1. The van der Waals surface area contributed by atoms with Crippen molar-refractivity contribution in [2.24, 2.45) is 0 Å². The van der Waals surface area contributed by atoms with Gasteiger partial charge in [0.1, 0.15) is 17.2 Å². The van der Waals surface area contributed by atoms with Crippen molar-refractivity contribution in [2.75, 3.05) is 25.5 Å². The van der Waals surface area contributed by atoms with Gasteiger partial charge >= 0.3 is 0 Å². The van der Waals surface area contributed by atoms with Crippen LogP contribution in [0.3, 0.4) is 0 Å². The maximum absolute atomic E-state index is 12.8. The smallest absolute Gasteiger partial charge is 0.257 e. The first-order chi connectivity index (χ1) is 16.9. The van der Waals surface area contributed by atoms with E-state index in [1.807, 2.05) is 13.8 Å². The van der Waals surface area contributed by atoms with E-state index in [1.165, 1.54) is 11.3 Å². The molecule has 0 bridgehead atoms. The molecule has 1 saturated heterocycles. The minimum Gasteiger partial charge on any atom is -0.491 e. The molecule has 0 aliphatic carbocycles. The Hall–Kier alpha value is -3.43. The lowest BCUT2D eigenvalue weighted by Crippen LogP contribution is -2.43. The van der Waals surface area contributed by atoms with E-state index in [0.717, 1.165) is 25.9 Å². The first kappa shape index (κ1) is 24.7. The molecule has 1 fully saturated rings. The maximum atomic E-state index is 12.8. The highest BCUT2D eigenvalue weighted by molar-refractivity contribution is 7.13. The van der Waals surface area contributed by atoms with Crippen LogP contribution in [-0.4, -0.2) is 54.0 Å². The molecule has 0 spiro atoms. The second-order valence-corrected chi connectivity index (χ2v) is 9.72. The maximum Gasteiger partial charge on any atom is 0.257 e. The van der Waals surface area contributed by atoms with Gasteiger partial charge in [-0.05, 0) is 83.2 Å². The zero-order valence-electron chi connectivity index (χ0n) is 20.1. The van der Waals surface area contributed by atoms with E-state index in [-0.39, 0.29) is 24.0 Å². The van der Waals surface area contributed by atoms with Crippen molar-refractivity contribution in [1.29, 1.82) is 0 Å². The van der Waals surface area contributed by atoms with E-state index in [0.29, 0.717) is 33.5 Å². The summed E-state index contributed by atoms with van der Waals surface area (Å²) in [5.74, 6) is 1.14. The molecule has 0 atom stereocenters. The number of carbonyl (C=O) groups excluding carboxylic acids is 2. The number of piperidine rings is 1. The van der Waals surface area contributed by atoms with Crippen molar-refractivity contribution in [3.05, 3.63) is 65.2 Å². The third-order valence-corrected chi connectivity index (χ3v) is 6.26. The molecule has 2 amide bonds. The zero-order chi connectivity index (χ0) is 24.8. The van der Waals surface area contributed by atoms with Gasteiger partial charge in [-0.3, -0.25) is 14.9 Å². The van der Waals surface area contributed by atoms with Gasteiger partial charge in [0.05, 0.1) is 6.10 Å². The first-order valence-corrected chi connectivity index (χ1v) is 12.5. The lowest BCUT2D eigenvalue weighted by molar-refractivity contribution is 0.0916. The second-order valence-electron chi connectivity index (χ2n) is 8.83. The fraction of sp³-hybridized carbons (Fsp3) is 0.346. The summed E-state index contributed by atoms with van der Waals surface area (Å²) >= 11 is 1.34. The van der Waals surface area contributed by atoms with Crippen LogP contribution in [0.15, 0.2) is 54.0 Å². The number of nitrogens with zero attached hydrogens (tertiary/aromatic N) is 2. The topological polar surface area (TPSA) is 92.8 Å². The lowest BCUT2D eigenvalue weighted by Gasteiger charge is -2.29. The number of carbonyl (C=O) groups is 2. The van der Waals surface area contributed by atoms with Crippen LogP contribution in [0.4, 0.5) is 5.13 Å². The quantitative estimate of drug-likeness (QED) is 0.467. The summed E-state index contributed by atoms with van der Waals surface area (Å²) in [6.07, 6.45) is 3.47. The predicted molar refractivity (Wildman–Crippen MR) is 137 cm³/mol. The number of rotatable bonds is 8. The average Bonchev–Trinajstić information content (AvgIpc) is 3.33. The molecule has 0 radical (unpaired) electrons. The highest BCUT2D eigenvalue weighted by Gasteiger charge is 2.19. The van der Waals surface area contributed by atoms with Crippen LogP contribution in [-0.2, 0) is 0 Å². The molecule has 2 N–H and O–H groups in total. The summed E-state index contributed by atoms with van der Waals surface area (Å²) in [4.78, 5) is 31.7. The summed E-state index contributed by atoms with van der Waals surface area (Å²) in [6, 6.07) is 12.2. The van der Waals surface area contributed by atoms with Gasteiger partial charge in [-0.15, -0.1) is 11.3 Å². The van der Waals surface area contributed by atoms with Crippen molar-refractivity contribution >= 4 is 28.3 Å². The Balaban J connectivity index is 1.45. The predicted octanol–water partition coefficient (Wildman–Crippen LogP) is 4.80. The molecule has 0 saturated carbocycles. The fourth-order valence-electron chi connectivity index (χ4n) is 3.79. The number of hydrogen-bond donors (Lipinski definition) is 2. The second kappa shape index (κ2) is 11.3. The third-order valence-electron chi connectivity index (χ3n) is 5.57. The Morgan fingerprint density at radius 2 is 1.71 bits per heavy atom. The van der Waals surface area contributed by atoms with Gasteiger partial charge in [0, 0.05) is 34.8 Å². The molecular weight excluding hydrogens is 464 g/mol. The highest BCUT2D eigenvalue weighted by atomic mass is 32.1. The average molecular weight is 495 g/mol. The van der Waals surface area contributed by atoms with Crippen LogP contribution >= 0.6 is 11.3 Å². The van der Waals surface area contributed by atoms with Crippen molar-refractivity contribution in [3.63, 3.8) is 0 Å². The van der Waals surface area contributed by atoms with Crippen molar-refractivity contribution in [2.45, 2.75) is 38.8 Å². The van der Waals surface area contributed by atoms with Gasteiger partial charge in [0.2, 0.25) is 0 Å². The van der Waals surface area contributed by atoms with Gasteiger partial charge in [0.15, 0.2) is 5.13 Å². The minimum atomic E-state index is -0.306. The van der Waals surface area contributed by atoms with Crippen molar-refractivity contribution in [3.8, 4) is 17.2 Å². The minimum absolute atomic E-state index is 0.0671. The van der Waals surface area contributed by atoms with E-state index in [2.05, 4.69) is 27.6 Å². The monoisotopic (exact) mass is 494 g/mol. The molecule has 2 heterocycles. The molecule has 35 heavy (non-hydrogen) atoms. The van der Waals surface area contributed by atoms with Gasteiger partial charge in [0.25, 0.3) is 11.8 Å². The molecule has 4 rings (SSSR count). The van der Waals surface area contributed by atoms with Gasteiger partial charge in [-0.2, -0.15) is 0 Å². The van der Waals surface area contributed by atoms with Crippen LogP contribution in [0.1, 0.15) is 47.4 Å². The van der Waals surface area contributed by atoms with Crippen molar-refractivity contribution < 1.29 is 19.1 Å². The number of thiazole rings is 1. The van der Waals surface area contributed by atoms with Crippen LogP contribution in [0, 0.1) is 0 Å². The number of amides is 2. The normalized spacial score (nSPS) is 14.5. The van der Waals surface area contributed by atoms with E-state index in [9.17, 15) is 9.59 Å². The highest BCUT2D eigenvalue weighted by Crippen LogP contribution is 2.29. The van der Waals surface area contributed by atoms with Crippen molar-refractivity contribution in [1.82, 2.24) is 15.2 Å². The standard InChI is InChI=1S/C26H30N4O4S/c1-17(2)33-22-14-19(25(32)29-26-27-10-13-35-26)15-23(16-22)34-21-6-4-18(5-7-21)24(31)28-20-8-11-30(3)12-9-20/h4-7,10,13-17,20H,8-9,11-12H2,1-3H3,(H,28,31)(H,27,29,32). The number of aromatic nitrogens is 1. The van der Waals surface area contributed by atoms with E-state index >= 15 is 0 Å². The molecule has 3 aromatic rings. The molecule has 0 unspecified atom stereocenters. The van der Waals surface area contributed by atoms with Crippen LogP contribution < -0.4 is 20.1 Å². The summed E-state index contributed by atoms with van der Waals surface area (Å²) < 4.78 is 11.8. The van der Waals surface area contributed by atoms with Crippen LogP contribution in [0.2, 0.25) is 0 Å². The fourth-order valence-corrected chi connectivity index (χ4v) is 4.31. The van der Waals surface area contributed by atoms with E-state index < -0.39 is 0 Å².